The molecule has 0 aromatic heterocycles. The summed E-state index contributed by atoms with van der Waals surface area (Å²) in [5, 5.41) is 11.6. The lowest BCUT2D eigenvalue weighted by molar-refractivity contribution is -0.121. The minimum absolute atomic E-state index is 0.00722. The van der Waals surface area contributed by atoms with Crippen LogP contribution >= 0.6 is 15.9 Å². The van der Waals surface area contributed by atoms with Crippen molar-refractivity contribution in [1.29, 1.82) is 0 Å². The molecule has 1 atom stereocenters. The highest BCUT2D eigenvalue weighted by Gasteiger charge is 2.11. The van der Waals surface area contributed by atoms with E-state index in [9.17, 15) is 4.79 Å². The number of benzene rings is 1. The van der Waals surface area contributed by atoms with Gasteiger partial charge < -0.3 is 10.4 Å². The van der Waals surface area contributed by atoms with Crippen molar-refractivity contribution in [2.75, 3.05) is 6.61 Å². The molecule has 0 spiro atoms. The standard InChI is InChI=1S/C13H18BrNO2/c1-10(11-6-2-3-7-12(11)14)15-13(17)8-4-5-9-16/h2-3,6-7,10,16H,4-5,8-9H2,1H3,(H,15,17)/t10-/m1/s1. The van der Waals surface area contributed by atoms with Crippen molar-refractivity contribution in [3.8, 4) is 0 Å². The van der Waals surface area contributed by atoms with E-state index < -0.39 is 0 Å². The van der Waals surface area contributed by atoms with Gasteiger partial charge in [0.1, 0.15) is 0 Å². The van der Waals surface area contributed by atoms with Crippen LogP contribution in [-0.4, -0.2) is 17.6 Å². The van der Waals surface area contributed by atoms with Gasteiger partial charge in [-0.1, -0.05) is 34.1 Å². The van der Waals surface area contributed by atoms with Gasteiger partial charge in [-0.3, -0.25) is 4.79 Å². The summed E-state index contributed by atoms with van der Waals surface area (Å²) in [4.78, 5) is 11.6. The second kappa shape index (κ2) is 7.45. The van der Waals surface area contributed by atoms with Crippen LogP contribution in [0.2, 0.25) is 0 Å². The highest BCUT2D eigenvalue weighted by Crippen LogP contribution is 2.22. The third-order valence-corrected chi connectivity index (χ3v) is 3.28. The topological polar surface area (TPSA) is 49.3 Å². The Kier molecular flexibility index (Phi) is 6.22. The van der Waals surface area contributed by atoms with Gasteiger partial charge in [0.25, 0.3) is 0 Å². The minimum Gasteiger partial charge on any atom is -0.396 e. The molecule has 0 unspecified atom stereocenters. The van der Waals surface area contributed by atoms with E-state index in [2.05, 4.69) is 21.2 Å². The zero-order valence-electron chi connectivity index (χ0n) is 9.95. The number of halogens is 1. The second-order valence-electron chi connectivity index (χ2n) is 3.99. The molecule has 0 bridgehead atoms. The first-order valence-corrected chi connectivity index (χ1v) is 6.59. The molecule has 94 valence electrons. The van der Waals surface area contributed by atoms with E-state index in [0.29, 0.717) is 12.8 Å². The molecule has 4 heteroatoms. The average Bonchev–Trinajstić information content (AvgIpc) is 2.29. The average molecular weight is 300 g/mol. The monoisotopic (exact) mass is 299 g/mol. The van der Waals surface area contributed by atoms with E-state index in [-0.39, 0.29) is 18.6 Å². The Hall–Kier alpha value is -0.870. The highest BCUT2D eigenvalue weighted by atomic mass is 79.9. The molecule has 0 heterocycles. The Morgan fingerprint density at radius 3 is 2.76 bits per heavy atom. The summed E-state index contributed by atoms with van der Waals surface area (Å²) in [7, 11) is 0. The number of amides is 1. The number of hydrogen-bond acceptors (Lipinski definition) is 2. The third-order valence-electron chi connectivity index (χ3n) is 2.56. The van der Waals surface area contributed by atoms with Crippen molar-refractivity contribution < 1.29 is 9.90 Å². The van der Waals surface area contributed by atoms with Crippen LogP contribution in [0.25, 0.3) is 0 Å². The van der Waals surface area contributed by atoms with Crippen LogP contribution in [0.3, 0.4) is 0 Å². The van der Waals surface area contributed by atoms with Gasteiger partial charge in [-0.05, 0) is 31.4 Å². The van der Waals surface area contributed by atoms with Gasteiger partial charge in [0.15, 0.2) is 0 Å². The number of nitrogens with one attached hydrogen (secondary N) is 1. The van der Waals surface area contributed by atoms with E-state index in [4.69, 9.17) is 5.11 Å². The van der Waals surface area contributed by atoms with Crippen molar-refractivity contribution in [2.24, 2.45) is 0 Å². The number of aliphatic hydroxyl groups excluding tert-OH is 1. The first-order chi connectivity index (χ1) is 8.15. The molecule has 0 saturated heterocycles. The summed E-state index contributed by atoms with van der Waals surface area (Å²) < 4.78 is 1.00. The number of unbranched alkanes of at least 4 members (excludes halogenated alkanes) is 1. The summed E-state index contributed by atoms with van der Waals surface area (Å²) in [5.41, 5.74) is 1.07. The van der Waals surface area contributed by atoms with Gasteiger partial charge in [-0.15, -0.1) is 0 Å². The van der Waals surface area contributed by atoms with Gasteiger partial charge in [0, 0.05) is 17.5 Å². The smallest absolute Gasteiger partial charge is 0.220 e. The molecule has 1 aromatic rings. The normalized spacial score (nSPS) is 12.2. The van der Waals surface area contributed by atoms with E-state index in [1.165, 1.54) is 0 Å². The SMILES string of the molecule is C[C@@H](NC(=O)CCCCO)c1ccccc1Br. The largest absolute Gasteiger partial charge is 0.396 e. The first kappa shape index (κ1) is 14.2. The first-order valence-electron chi connectivity index (χ1n) is 5.79. The Labute approximate surface area is 110 Å². The molecular weight excluding hydrogens is 282 g/mol. The van der Waals surface area contributed by atoms with Crippen molar-refractivity contribution in [1.82, 2.24) is 5.32 Å². The summed E-state index contributed by atoms with van der Waals surface area (Å²) in [6, 6.07) is 7.84. The summed E-state index contributed by atoms with van der Waals surface area (Å²) in [6.45, 7) is 2.11. The summed E-state index contributed by atoms with van der Waals surface area (Å²) >= 11 is 3.47. The van der Waals surface area contributed by atoms with Crippen LogP contribution in [-0.2, 0) is 4.79 Å². The van der Waals surface area contributed by atoms with E-state index in [0.717, 1.165) is 16.5 Å². The van der Waals surface area contributed by atoms with Crippen LogP contribution in [0.5, 0.6) is 0 Å². The molecule has 2 N–H and O–H groups in total. The molecule has 0 aliphatic carbocycles. The molecule has 3 nitrogen and oxygen atoms in total. The van der Waals surface area contributed by atoms with Gasteiger partial charge in [0.05, 0.1) is 6.04 Å². The maximum absolute atomic E-state index is 11.6. The molecule has 1 aromatic carbocycles. The quantitative estimate of drug-likeness (QED) is 0.794. The lowest BCUT2D eigenvalue weighted by Gasteiger charge is -2.15. The number of carbonyl (C=O) groups is 1. The van der Waals surface area contributed by atoms with Crippen molar-refractivity contribution in [3.63, 3.8) is 0 Å². The molecule has 0 aliphatic heterocycles. The predicted octanol–water partition coefficient (Wildman–Crippen LogP) is 2.79. The fourth-order valence-corrected chi connectivity index (χ4v) is 2.24. The predicted molar refractivity (Wildman–Crippen MR) is 71.6 cm³/mol. The molecule has 0 fully saturated rings. The molecule has 0 saturated carbocycles. The lowest BCUT2D eigenvalue weighted by atomic mass is 10.1. The number of carbonyl (C=O) groups excluding carboxylic acids is 1. The van der Waals surface area contributed by atoms with Gasteiger partial charge in [-0.2, -0.15) is 0 Å². The highest BCUT2D eigenvalue weighted by molar-refractivity contribution is 9.10. The van der Waals surface area contributed by atoms with Crippen LogP contribution < -0.4 is 5.32 Å². The van der Waals surface area contributed by atoms with E-state index in [1.807, 2.05) is 31.2 Å². The molecule has 1 rings (SSSR count). The fraction of sp³-hybridized carbons (Fsp3) is 0.462. The van der Waals surface area contributed by atoms with Crippen molar-refractivity contribution >= 4 is 21.8 Å². The number of rotatable bonds is 6. The van der Waals surface area contributed by atoms with E-state index >= 15 is 0 Å². The lowest BCUT2D eigenvalue weighted by Crippen LogP contribution is -2.26. The number of hydrogen-bond donors (Lipinski definition) is 2. The Morgan fingerprint density at radius 1 is 1.41 bits per heavy atom. The van der Waals surface area contributed by atoms with E-state index in [1.54, 1.807) is 0 Å². The van der Waals surface area contributed by atoms with Crippen LogP contribution in [0.15, 0.2) is 28.7 Å². The van der Waals surface area contributed by atoms with Gasteiger partial charge in [0.2, 0.25) is 5.91 Å². The third kappa shape index (κ3) is 4.88. The Bertz CT molecular complexity index is 368. The summed E-state index contributed by atoms with van der Waals surface area (Å²) in [6.07, 6.45) is 1.87. The molecule has 1 amide bonds. The Morgan fingerprint density at radius 2 is 2.12 bits per heavy atom. The second-order valence-corrected chi connectivity index (χ2v) is 4.85. The van der Waals surface area contributed by atoms with Gasteiger partial charge >= 0.3 is 0 Å². The zero-order valence-corrected chi connectivity index (χ0v) is 11.5. The number of aliphatic hydroxyl groups is 1. The van der Waals surface area contributed by atoms with Crippen LogP contribution in [0.4, 0.5) is 0 Å². The van der Waals surface area contributed by atoms with Crippen molar-refractivity contribution in [3.05, 3.63) is 34.3 Å². The minimum atomic E-state index is -0.00722. The van der Waals surface area contributed by atoms with Crippen molar-refractivity contribution in [2.45, 2.75) is 32.2 Å². The van der Waals surface area contributed by atoms with Crippen LogP contribution in [0, 0.1) is 0 Å². The molecule has 0 aliphatic rings. The fourth-order valence-electron chi connectivity index (χ4n) is 1.62. The Balaban J connectivity index is 2.46. The zero-order chi connectivity index (χ0) is 12.7. The maximum Gasteiger partial charge on any atom is 0.220 e. The van der Waals surface area contributed by atoms with Gasteiger partial charge in [-0.25, -0.2) is 0 Å². The maximum atomic E-state index is 11.6. The molecule has 17 heavy (non-hydrogen) atoms. The molecule has 0 radical (unpaired) electrons. The molecular formula is C13H18BrNO2. The summed E-state index contributed by atoms with van der Waals surface area (Å²) in [5.74, 6) is 0.0294. The van der Waals surface area contributed by atoms with Crippen LogP contribution in [0.1, 0.15) is 37.8 Å².